The van der Waals surface area contributed by atoms with E-state index in [1.165, 1.54) is 0 Å². The largest absolute Gasteiger partial charge is 0.460 e. The number of furan rings is 1. The van der Waals surface area contributed by atoms with Crippen LogP contribution in [0.1, 0.15) is 35.1 Å². The van der Waals surface area contributed by atoms with Crippen molar-refractivity contribution in [3.05, 3.63) is 48.1 Å². The molecule has 1 aliphatic rings. The molecule has 0 aromatic carbocycles. The highest BCUT2D eigenvalue weighted by Crippen LogP contribution is 2.24. The number of amides is 1. The van der Waals surface area contributed by atoms with Crippen LogP contribution in [0.3, 0.4) is 0 Å². The van der Waals surface area contributed by atoms with Crippen LogP contribution in [0.2, 0.25) is 0 Å². The first-order valence-electron chi connectivity index (χ1n) is 8.11. The Balaban J connectivity index is 1.50. The topological polar surface area (TPSA) is 80.0 Å². The van der Waals surface area contributed by atoms with Crippen molar-refractivity contribution in [3.8, 4) is 11.5 Å². The van der Waals surface area contributed by atoms with Gasteiger partial charge < -0.3 is 9.32 Å². The van der Waals surface area contributed by atoms with Crippen LogP contribution in [-0.4, -0.2) is 43.9 Å². The lowest BCUT2D eigenvalue weighted by molar-refractivity contribution is 0.0667. The molecule has 0 saturated carbocycles. The minimum absolute atomic E-state index is 0.0577. The van der Waals surface area contributed by atoms with E-state index in [9.17, 15) is 4.79 Å². The molecular weight excluding hydrogens is 306 g/mol. The second-order valence-electron chi connectivity index (χ2n) is 6.11. The molecule has 1 saturated heterocycles. The second kappa shape index (κ2) is 5.99. The van der Waals surface area contributed by atoms with Crippen molar-refractivity contribution in [2.75, 3.05) is 13.1 Å². The zero-order chi connectivity index (χ0) is 16.5. The number of rotatable bonds is 3. The molecule has 0 radical (unpaired) electrons. The first-order valence-corrected chi connectivity index (χ1v) is 8.11. The summed E-state index contributed by atoms with van der Waals surface area (Å²) in [6.07, 6.45) is 5.71. The highest BCUT2D eigenvalue weighted by atomic mass is 16.3. The van der Waals surface area contributed by atoms with Gasteiger partial charge >= 0.3 is 0 Å². The van der Waals surface area contributed by atoms with Crippen LogP contribution in [0.25, 0.3) is 11.5 Å². The number of aromatic amines is 1. The maximum atomic E-state index is 12.7. The van der Waals surface area contributed by atoms with Crippen molar-refractivity contribution >= 4 is 5.91 Å². The average Bonchev–Trinajstić information content (AvgIpc) is 3.35. The summed E-state index contributed by atoms with van der Waals surface area (Å²) in [6.45, 7) is 3.29. The maximum absolute atomic E-state index is 12.7. The SMILES string of the molecule is Cc1ccc(-c2cc(C(=O)N3CCC[C@@H](n4cccn4)C3)n[nH]2)o1. The third kappa shape index (κ3) is 2.73. The van der Waals surface area contributed by atoms with E-state index >= 15 is 0 Å². The van der Waals surface area contributed by atoms with Crippen molar-refractivity contribution in [3.63, 3.8) is 0 Å². The zero-order valence-electron chi connectivity index (χ0n) is 13.5. The summed E-state index contributed by atoms with van der Waals surface area (Å²) < 4.78 is 7.50. The smallest absolute Gasteiger partial charge is 0.274 e. The van der Waals surface area contributed by atoms with Gasteiger partial charge in [-0.25, -0.2) is 0 Å². The maximum Gasteiger partial charge on any atom is 0.274 e. The van der Waals surface area contributed by atoms with E-state index in [4.69, 9.17) is 4.42 Å². The van der Waals surface area contributed by atoms with Gasteiger partial charge in [0.15, 0.2) is 11.5 Å². The Hall–Kier alpha value is -2.83. The van der Waals surface area contributed by atoms with Crippen LogP contribution in [0.5, 0.6) is 0 Å². The third-order valence-corrected chi connectivity index (χ3v) is 4.39. The van der Waals surface area contributed by atoms with Crippen LogP contribution in [0.15, 0.2) is 41.1 Å². The molecule has 0 aliphatic carbocycles. The minimum atomic E-state index is -0.0577. The zero-order valence-corrected chi connectivity index (χ0v) is 13.5. The van der Waals surface area contributed by atoms with Crippen LogP contribution >= 0.6 is 0 Å². The number of likely N-dealkylation sites (tertiary alicyclic amines) is 1. The third-order valence-electron chi connectivity index (χ3n) is 4.39. The normalized spacial score (nSPS) is 18.0. The van der Waals surface area contributed by atoms with E-state index in [1.807, 2.05) is 40.9 Å². The molecule has 124 valence electrons. The lowest BCUT2D eigenvalue weighted by atomic mass is 10.1. The molecule has 1 aliphatic heterocycles. The predicted octanol–water partition coefficient (Wildman–Crippen LogP) is 2.65. The molecule has 4 rings (SSSR count). The Morgan fingerprint density at radius 1 is 1.42 bits per heavy atom. The summed E-state index contributed by atoms with van der Waals surface area (Å²) in [7, 11) is 0. The van der Waals surface area contributed by atoms with Gasteiger partial charge in [-0.3, -0.25) is 14.6 Å². The molecule has 1 atom stereocenters. The number of nitrogens with zero attached hydrogens (tertiary/aromatic N) is 4. The van der Waals surface area contributed by atoms with Crippen molar-refractivity contribution in [2.45, 2.75) is 25.8 Å². The fraction of sp³-hybridized carbons (Fsp3) is 0.353. The summed E-state index contributed by atoms with van der Waals surface area (Å²) in [6, 6.07) is 7.64. The van der Waals surface area contributed by atoms with Gasteiger partial charge in [-0.15, -0.1) is 0 Å². The summed E-state index contributed by atoms with van der Waals surface area (Å²) in [5.41, 5.74) is 1.13. The fourth-order valence-corrected chi connectivity index (χ4v) is 3.15. The standard InChI is InChI=1S/C17H19N5O2/c1-12-5-6-16(24-12)14-10-15(20-19-14)17(23)21-8-2-4-13(11-21)22-9-3-7-18-22/h3,5-7,9-10,13H,2,4,8,11H2,1H3,(H,19,20)/t13-/m1/s1. The monoisotopic (exact) mass is 325 g/mol. The molecule has 1 amide bonds. The number of aromatic nitrogens is 4. The van der Waals surface area contributed by atoms with E-state index in [0.29, 0.717) is 23.7 Å². The summed E-state index contributed by atoms with van der Waals surface area (Å²) in [4.78, 5) is 14.6. The molecule has 0 spiro atoms. The van der Waals surface area contributed by atoms with Crippen molar-refractivity contribution < 1.29 is 9.21 Å². The molecule has 1 fully saturated rings. The lowest BCUT2D eigenvalue weighted by Gasteiger charge is -2.32. The number of aryl methyl sites for hydroxylation is 1. The van der Waals surface area contributed by atoms with Crippen LogP contribution in [0.4, 0.5) is 0 Å². The molecule has 1 N–H and O–H groups in total. The van der Waals surface area contributed by atoms with Crippen LogP contribution in [-0.2, 0) is 0 Å². The molecule has 0 bridgehead atoms. The number of H-pyrrole nitrogens is 1. The fourth-order valence-electron chi connectivity index (χ4n) is 3.15. The summed E-state index contributed by atoms with van der Waals surface area (Å²) >= 11 is 0. The first kappa shape index (κ1) is 14.7. The van der Waals surface area contributed by atoms with Gasteiger partial charge in [-0.1, -0.05) is 0 Å². The van der Waals surface area contributed by atoms with Gasteiger partial charge in [0.05, 0.1) is 6.04 Å². The number of piperidine rings is 1. The van der Waals surface area contributed by atoms with Gasteiger partial charge in [-0.05, 0) is 38.0 Å². The van der Waals surface area contributed by atoms with E-state index in [-0.39, 0.29) is 11.9 Å². The Labute approximate surface area is 139 Å². The number of nitrogens with one attached hydrogen (secondary N) is 1. The number of hydrogen-bond acceptors (Lipinski definition) is 4. The molecular formula is C17H19N5O2. The van der Waals surface area contributed by atoms with Gasteiger partial charge in [0, 0.05) is 31.5 Å². The molecule has 0 unspecified atom stereocenters. The Kier molecular flexibility index (Phi) is 3.68. The van der Waals surface area contributed by atoms with Gasteiger partial charge in [-0.2, -0.15) is 10.2 Å². The average molecular weight is 325 g/mol. The molecule has 3 aromatic rings. The van der Waals surface area contributed by atoms with Gasteiger partial charge in [0.2, 0.25) is 0 Å². The molecule has 7 nitrogen and oxygen atoms in total. The molecule has 7 heteroatoms. The van der Waals surface area contributed by atoms with Crippen molar-refractivity contribution in [1.29, 1.82) is 0 Å². The minimum Gasteiger partial charge on any atom is -0.460 e. The van der Waals surface area contributed by atoms with E-state index < -0.39 is 0 Å². The Bertz CT molecular complexity index is 833. The quantitative estimate of drug-likeness (QED) is 0.803. The molecule has 3 aromatic heterocycles. The molecule has 4 heterocycles. The number of carbonyl (C=O) groups excluding carboxylic acids is 1. The van der Waals surface area contributed by atoms with Gasteiger partial charge in [0.1, 0.15) is 11.5 Å². The Morgan fingerprint density at radius 2 is 2.33 bits per heavy atom. The van der Waals surface area contributed by atoms with Crippen molar-refractivity contribution in [1.82, 2.24) is 24.9 Å². The predicted molar refractivity (Wildman–Crippen MR) is 87.4 cm³/mol. The van der Waals surface area contributed by atoms with Crippen LogP contribution in [0, 0.1) is 6.92 Å². The lowest BCUT2D eigenvalue weighted by Crippen LogP contribution is -2.41. The number of hydrogen-bond donors (Lipinski definition) is 1. The summed E-state index contributed by atoms with van der Waals surface area (Å²) in [5.74, 6) is 1.45. The van der Waals surface area contributed by atoms with E-state index in [2.05, 4.69) is 15.3 Å². The number of carbonyl (C=O) groups is 1. The highest BCUT2D eigenvalue weighted by molar-refractivity contribution is 5.93. The van der Waals surface area contributed by atoms with Gasteiger partial charge in [0.25, 0.3) is 5.91 Å². The first-order chi connectivity index (χ1) is 11.7. The van der Waals surface area contributed by atoms with E-state index in [1.54, 1.807) is 12.3 Å². The van der Waals surface area contributed by atoms with Crippen molar-refractivity contribution in [2.24, 2.45) is 0 Å². The van der Waals surface area contributed by atoms with Crippen LogP contribution < -0.4 is 0 Å². The van der Waals surface area contributed by atoms with E-state index in [0.717, 1.165) is 25.1 Å². The Morgan fingerprint density at radius 3 is 3.08 bits per heavy atom. The second-order valence-corrected chi connectivity index (χ2v) is 6.11. The highest BCUT2D eigenvalue weighted by Gasteiger charge is 2.27. The molecule has 24 heavy (non-hydrogen) atoms. The summed E-state index contributed by atoms with van der Waals surface area (Å²) in [5, 5.41) is 11.3.